The van der Waals surface area contributed by atoms with Crippen LogP contribution in [0.1, 0.15) is 50.5 Å². The standard InChI is InChI=1S/C22H32N2O6/c25-14-18(27)13-24(16-3-1-4-17(26)12-16)22(29)5-2-10-30-19-7-8-20-15(11-19)6-9-21(28)23-20/h7-8,11,16-18,25-27H,1-6,9-10,12-14H2,(H,23,28). The Kier molecular flexibility index (Phi) is 8.07. The van der Waals surface area contributed by atoms with E-state index in [1.165, 1.54) is 0 Å². The molecule has 1 aromatic rings. The molecule has 2 aliphatic rings. The topological polar surface area (TPSA) is 119 Å². The fourth-order valence-corrected chi connectivity index (χ4v) is 4.17. The second-order valence-corrected chi connectivity index (χ2v) is 8.18. The summed E-state index contributed by atoms with van der Waals surface area (Å²) in [6.45, 7) is 0.0473. The number of ether oxygens (including phenoxy) is 1. The number of hydrogen-bond acceptors (Lipinski definition) is 6. The van der Waals surface area contributed by atoms with Crippen molar-refractivity contribution in [2.24, 2.45) is 0 Å². The molecule has 0 saturated heterocycles. The van der Waals surface area contributed by atoms with Crippen LogP contribution in [0.5, 0.6) is 5.75 Å². The number of carbonyl (C=O) groups excluding carboxylic acids is 2. The minimum Gasteiger partial charge on any atom is -0.494 e. The Hall–Kier alpha value is -2.16. The van der Waals surface area contributed by atoms with Gasteiger partial charge in [-0.2, -0.15) is 0 Å². The number of nitrogens with one attached hydrogen (secondary N) is 1. The van der Waals surface area contributed by atoms with Crippen molar-refractivity contribution in [3.05, 3.63) is 23.8 Å². The number of fused-ring (bicyclic) bond motifs is 1. The Morgan fingerprint density at radius 3 is 2.90 bits per heavy atom. The summed E-state index contributed by atoms with van der Waals surface area (Å²) in [5.74, 6) is 0.634. The zero-order valence-electron chi connectivity index (χ0n) is 17.3. The molecule has 1 saturated carbocycles. The molecule has 1 fully saturated rings. The van der Waals surface area contributed by atoms with Crippen molar-refractivity contribution in [1.82, 2.24) is 4.90 Å². The summed E-state index contributed by atoms with van der Waals surface area (Å²) in [5, 5.41) is 31.8. The second kappa shape index (κ2) is 10.7. The lowest BCUT2D eigenvalue weighted by atomic mass is 9.91. The Bertz CT molecular complexity index is 740. The third-order valence-corrected chi connectivity index (χ3v) is 5.77. The molecule has 3 atom stereocenters. The van der Waals surface area contributed by atoms with E-state index in [1.54, 1.807) is 11.0 Å². The van der Waals surface area contributed by atoms with E-state index in [-0.39, 0.29) is 30.8 Å². The summed E-state index contributed by atoms with van der Waals surface area (Å²) in [6.07, 6.45) is 3.41. The number of nitrogens with zero attached hydrogens (tertiary/aromatic N) is 1. The maximum Gasteiger partial charge on any atom is 0.224 e. The molecule has 3 rings (SSSR count). The first-order valence-corrected chi connectivity index (χ1v) is 10.8. The van der Waals surface area contributed by atoms with Gasteiger partial charge in [-0.25, -0.2) is 0 Å². The van der Waals surface area contributed by atoms with E-state index >= 15 is 0 Å². The van der Waals surface area contributed by atoms with Crippen LogP contribution in [0.4, 0.5) is 5.69 Å². The molecular formula is C22H32N2O6. The molecular weight excluding hydrogens is 388 g/mol. The van der Waals surface area contributed by atoms with E-state index in [0.29, 0.717) is 38.0 Å². The summed E-state index contributed by atoms with van der Waals surface area (Å²) in [5.41, 5.74) is 1.87. The van der Waals surface area contributed by atoms with Crippen LogP contribution < -0.4 is 10.1 Å². The van der Waals surface area contributed by atoms with Crippen LogP contribution in [0, 0.1) is 0 Å². The molecule has 1 heterocycles. The van der Waals surface area contributed by atoms with Crippen LogP contribution in [0.2, 0.25) is 0 Å². The van der Waals surface area contributed by atoms with Crippen LogP contribution in [-0.2, 0) is 16.0 Å². The average Bonchev–Trinajstić information content (AvgIpc) is 2.74. The lowest BCUT2D eigenvalue weighted by molar-refractivity contribution is -0.137. The second-order valence-electron chi connectivity index (χ2n) is 8.18. The maximum atomic E-state index is 12.8. The molecule has 0 bridgehead atoms. The minimum atomic E-state index is -0.986. The van der Waals surface area contributed by atoms with E-state index < -0.39 is 18.8 Å². The van der Waals surface area contributed by atoms with Crippen LogP contribution in [0.3, 0.4) is 0 Å². The molecule has 2 amide bonds. The normalized spacial score (nSPS) is 22.0. The van der Waals surface area contributed by atoms with E-state index in [0.717, 1.165) is 30.5 Å². The molecule has 4 N–H and O–H groups in total. The van der Waals surface area contributed by atoms with Crippen molar-refractivity contribution in [3.63, 3.8) is 0 Å². The summed E-state index contributed by atoms with van der Waals surface area (Å²) < 4.78 is 5.78. The molecule has 0 aromatic heterocycles. The zero-order chi connectivity index (χ0) is 21.5. The lowest BCUT2D eigenvalue weighted by Crippen LogP contribution is -2.48. The van der Waals surface area contributed by atoms with E-state index in [1.807, 2.05) is 12.1 Å². The minimum absolute atomic E-state index is 0.0241. The number of aliphatic hydroxyl groups is 3. The van der Waals surface area contributed by atoms with Crippen molar-refractivity contribution in [1.29, 1.82) is 0 Å². The molecule has 166 valence electrons. The lowest BCUT2D eigenvalue weighted by Gasteiger charge is -2.37. The number of benzene rings is 1. The van der Waals surface area contributed by atoms with Gasteiger partial charge in [0.15, 0.2) is 0 Å². The van der Waals surface area contributed by atoms with Crippen LogP contribution >= 0.6 is 0 Å². The SMILES string of the molecule is O=C1CCc2cc(OCCCC(=O)N(CC(O)CO)C3CCCC(O)C3)ccc2N1. The van der Waals surface area contributed by atoms with Crippen molar-refractivity contribution in [2.75, 3.05) is 25.1 Å². The molecule has 0 radical (unpaired) electrons. The fraction of sp³-hybridized carbons (Fsp3) is 0.636. The van der Waals surface area contributed by atoms with Crippen LogP contribution in [-0.4, -0.2) is 70.0 Å². The predicted molar refractivity (Wildman–Crippen MR) is 111 cm³/mol. The Labute approximate surface area is 176 Å². The number of carbonyl (C=O) groups is 2. The molecule has 1 aliphatic heterocycles. The van der Waals surface area contributed by atoms with Gasteiger partial charge in [0.05, 0.1) is 25.4 Å². The van der Waals surface area contributed by atoms with Gasteiger partial charge in [-0.3, -0.25) is 9.59 Å². The first kappa shape index (κ1) is 22.5. The van der Waals surface area contributed by atoms with Gasteiger partial charge in [0.2, 0.25) is 11.8 Å². The van der Waals surface area contributed by atoms with Gasteiger partial charge in [-0.1, -0.05) is 0 Å². The fourth-order valence-electron chi connectivity index (χ4n) is 4.17. The van der Waals surface area contributed by atoms with Gasteiger partial charge in [0.1, 0.15) is 5.75 Å². The zero-order valence-corrected chi connectivity index (χ0v) is 17.3. The maximum absolute atomic E-state index is 12.8. The number of rotatable bonds is 9. The van der Waals surface area contributed by atoms with Gasteiger partial charge >= 0.3 is 0 Å². The molecule has 0 spiro atoms. The Balaban J connectivity index is 1.49. The number of anilines is 1. The molecule has 1 aromatic carbocycles. The quantitative estimate of drug-likeness (QED) is 0.446. The molecule has 8 heteroatoms. The van der Waals surface area contributed by atoms with E-state index in [4.69, 9.17) is 4.74 Å². The van der Waals surface area contributed by atoms with Gasteiger partial charge in [-0.05, 0) is 62.3 Å². The van der Waals surface area contributed by atoms with Crippen molar-refractivity contribution in [2.45, 2.75) is 69.6 Å². The van der Waals surface area contributed by atoms with Crippen molar-refractivity contribution < 1.29 is 29.6 Å². The summed E-state index contributed by atoms with van der Waals surface area (Å²) in [4.78, 5) is 25.8. The number of aryl methyl sites for hydroxylation is 1. The highest BCUT2D eigenvalue weighted by atomic mass is 16.5. The Morgan fingerprint density at radius 2 is 2.13 bits per heavy atom. The summed E-state index contributed by atoms with van der Waals surface area (Å²) >= 11 is 0. The van der Waals surface area contributed by atoms with Crippen molar-refractivity contribution >= 4 is 17.5 Å². The van der Waals surface area contributed by atoms with Gasteiger partial charge in [0.25, 0.3) is 0 Å². The number of hydrogen-bond donors (Lipinski definition) is 4. The average molecular weight is 421 g/mol. The first-order valence-electron chi connectivity index (χ1n) is 10.8. The Morgan fingerprint density at radius 1 is 1.30 bits per heavy atom. The smallest absolute Gasteiger partial charge is 0.224 e. The number of aliphatic hydroxyl groups excluding tert-OH is 3. The number of amides is 2. The summed E-state index contributed by atoms with van der Waals surface area (Å²) in [7, 11) is 0. The van der Waals surface area contributed by atoms with Gasteiger partial charge < -0.3 is 30.3 Å². The highest BCUT2D eigenvalue weighted by Crippen LogP contribution is 2.27. The van der Waals surface area contributed by atoms with Gasteiger partial charge in [0, 0.05) is 31.1 Å². The van der Waals surface area contributed by atoms with Gasteiger partial charge in [-0.15, -0.1) is 0 Å². The van der Waals surface area contributed by atoms with E-state index in [9.17, 15) is 24.9 Å². The highest BCUT2D eigenvalue weighted by Gasteiger charge is 2.30. The molecule has 3 unspecified atom stereocenters. The summed E-state index contributed by atoms with van der Waals surface area (Å²) in [6, 6.07) is 5.45. The molecule has 30 heavy (non-hydrogen) atoms. The van der Waals surface area contributed by atoms with Crippen LogP contribution in [0.25, 0.3) is 0 Å². The third-order valence-electron chi connectivity index (χ3n) is 5.77. The highest BCUT2D eigenvalue weighted by molar-refractivity contribution is 5.94. The predicted octanol–water partition coefficient (Wildman–Crippen LogP) is 1.22. The largest absolute Gasteiger partial charge is 0.494 e. The monoisotopic (exact) mass is 420 g/mol. The van der Waals surface area contributed by atoms with E-state index in [2.05, 4.69) is 5.32 Å². The van der Waals surface area contributed by atoms with Crippen molar-refractivity contribution in [3.8, 4) is 5.75 Å². The first-order chi connectivity index (χ1) is 14.5. The third kappa shape index (κ3) is 6.17. The molecule has 1 aliphatic carbocycles. The molecule has 8 nitrogen and oxygen atoms in total. The van der Waals surface area contributed by atoms with Crippen LogP contribution in [0.15, 0.2) is 18.2 Å².